The van der Waals surface area contributed by atoms with E-state index in [1.165, 1.54) is 11.3 Å². The van der Waals surface area contributed by atoms with Gasteiger partial charge in [0.15, 0.2) is 5.13 Å². The number of thiazole rings is 1. The van der Waals surface area contributed by atoms with Crippen molar-refractivity contribution in [3.8, 4) is 0 Å². The Kier molecular flexibility index (Phi) is 6.04. The van der Waals surface area contributed by atoms with Crippen LogP contribution in [0.4, 0.5) is 5.13 Å². The van der Waals surface area contributed by atoms with Gasteiger partial charge in [-0.3, -0.25) is 14.7 Å². The summed E-state index contributed by atoms with van der Waals surface area (Å²) in [5, 5.41) is 1.40. The quantitative estimate of drug-likeness (QED) is 0.326. The summed E-state index contributed by atoms with van der Waals surface area (Å²) < 4.78 is 1.04. The van der Waals surface area contributed by atoms with Crippen LogP contribution in [0.3, 0.4) is 0 Å². The van der Waals surface area contributed by atoms with E-state index in [9.17, 15) is 4.79 Å². The molecule has 0 aliphatic rings. The average molecular weight is 456 g/mol. The first-order valence-corrected chi connectivity index (χ1v) is 11.1. The molecule has 2 aromatic carbocycles. The Hall–Kier alpha value is -2.47. The van der Waals surface area contributed by atoms with E-state index in [-0.39, 0.29) is 12.5 Å². The third-order valence-corrected chi connectivity index (χ3v) is 6.34. The fourth-order valence-electron chi connectivity index (χ4n) is 3.23. The molecule has 4 rings (SSSR count). The van der Waals surface area contributed by atoms with Crippen molar-refractivity contribution in [2.24, 2.45) is 0 Å². The molecule has 1 amide bonds. The Labute approximate surface area is 189 Å². The molecule has 152 valence electrons. The molecule has 0 saturated carbocycles. The molecule has 0 atom stereocenters. The second-order valence-corrected chi connectivity index (χ2v) is 9.03. The zero-order valence-electron chi connectivity index (χ0n) is 16.5. The van der Waals surface area contributed by atoms with E-state index in [4.69, 9.17) is 28.2 Å². The van der Waals surface area contributed by atoms with Crippen molar-refractivity contribution in [3.63, 3.8) is 0 Å². The van der Waals surface area contributed by atoms with Crippen LogP contribution in [0.2, 0.25) is 10.0 Å². The minimum absolute atomic E-state index is 0.243. The minimum Gasteiger partial charge on any atom is -0.278 e. The Morgan fingerprint density at radius 2 is 1.93 bits per heavy atom. The molecule has 0 fully saturated rings. The number of amides is 1. The number of hydrogen-bond donors (Lipinski definition) is 0. The predicted molar refractivity (Wildman–Crippen MR) is 125 cm³/mol. The first kappa shape index (κ1) is 20.8. The van der Waals surface area contributed by atoms with Gasteiger partial charge >= 0.3 is 0 Å². The number of carbonyl (C=O) groups is 1. The van der Waals surface area contributed by atoms with Crippen molar-refractivity contribution in [2.75, 3.05) is 4.90 Å². The highest BCUT2D eigenvalue weighted by molar-refractivity contribution is 7.22. The molecule has 0 aliphatic heterocycles. The number of aromatic nitrogens is 2. The largest absolute Gasteiger partial charge is 0.278 e. The highest BCUT2D eigenvalue weighted by Gasteiger charge is 2.25. The molecule has 4 aromatic rings. The Bertz CT molecular complexity index is 1210. The molecule has 4 nitrogen and oxygen atoms in total. The monoisotopic (exact) mass is 455 g/mol. The summed E-state index contributed by atoms with van der Waals surface area (Å²) in [5.74, 6) is 0.0850. The SMILES string of the molecule is CC(C)c1cccc2sc(N(Cc3ccccn3)C(=O)c3ccc(Cl)cc3Cl)nc12. The van der Waals surface area contributed by atoms with Gasteiger partial charge in [-0.2, -0.15) is 0 Å². The van der Waals surface area contributed by atoms with Gasteiger partial charge in [0, 0.05) is 11.2 Å². The third kappa shape index (κ3) is 4.19. The zero-order valence-corrected chi connectivity index (χ0v) is 18.8. The standard InChI is InChI=1S/C23H19Cl2N3OS/c1-14(2)17-7-5-8-20-21(17)27-23(30-20)28(13-16-6-3-4-11-26-16)22(29)18-10-9-15(24)12-19(18)25/h3-12,14H,13H2,1-2H3. The van der Waals surface area contributed by atoms with Crippen LogP contribution in [0.5, 0.6) is 0 Å². The summed E-state index contributed by atoms with van der Waals surface area (Å²) in [7, 11) is 0. The van der Waals surface area contributed by atoms with Gasteiger partial charge in [0.1, 0.15) is 0 Å². The molecule has 0 radical (unpaired) electrons. The number of benzene rings is 2. The lowest BCUT2D eigenvalue weighted by Gasteiger charge is -2.20. The van der Waals surface area contributed by atoms with Crippen molar-refractivity contribution < 1.29 is 4.79 Å². The summed E-state index contributed by atoms with van der Waals surface area (Å²) in [5.41, 5.74) is 3.22. The van der Waals surface area contributed by atoms with E-state index >= 15 is 0 Å². The predicted octanol–water partition coefficient (Wildman–Crippen LogP) is 6.97. The van der Waals surface area contributed by atoms with E-state index in [2.05, 4.69) is 24.9 Å². The van der Waals surface area contributed by atoms with Crippen molar-refractivity contribution >= 4 is 55.8 Å². The van der Waals surface area contributed by atoms with Crippen LogP contribution < -0.4 is 4.90 Å². The topological polar surface area (TPSA) is 46.1 Å². The third-order valence-electron chi connectivity index (χ3n) is 4.74. The van der Waals surface area contributed by atoms with Crippen molar-refractivity contribution in [1.82, 2.24) is 9.97 Å². The van der Waals surface area contributed by atoms with Gasteiger partial charge < -0.3 is 0 Å². The Morgan fingerprint density at radius 1 is 1.10 bits per heavy atom. The molecular formula is C23H19Cl2N3OS. The van der Waals surface area contributed by atoms with Gasteiger partial charge in [-0.05, 0) is 47.9 Å². The summed E-state index contributed by atoms with van der Waals surface area (Å²) in [4.78, 5) is 24.4. The number of anilines is 1. The number of para-hydroxylation sites is 1. The maximum atomic E-state index is 13.5. The lowest BCUT2D eigenvalue weighted by atomic mass is 10.0. The van der Waals surface area contributed by atoms with Crippen LogP contribution in [0.15, 0.2) is 60.8 Å². The number of carbonyl (C=O) groups excluding carboxylic acids is 1. The zero-order chi connectivity index (χ0) is 21.3. The Balaban J connectivity index is 1.82. The molecule has 2 heterocycles. The van der Waals surface area contributed by atoms with Gasteiger partial charge in [-0.25, -0.2) is 4.98 Å². The number of hydrogen-bond acceptors (Lipinski definition) is 4. The summed E-state index contributed by atoms with van der Waals surface area (Å²) in [6.07, 6.45) is 1.71. The van der Waals surface area contributed by atoms with Crippen LogP contribution in [0, 0.1) is 0 Å². The molecule has 0 unspecified atom stereocenters. The number of pyridine rings is 1. The second-order valence-electron chi connectivity index (χ2n) is 7.18. The second kappa shape index (κ2) is 8.72. The van der Waals surface area contributed by atoms with Crippen molar-refractivity contribution in [2.45, 2.75) is 26.3 Å². The normalized spacial score (nSPS) is 11.2. The smallest absolute Gasteiger partial charge is 0.261 e. The number of rotatable bonds is 5. The maximum Gasteiger partial charge on any atom is 0.261 e. The highest BCUT2D eigenvalue weighted by Crippen LogP contribution is 2.35. The Morgan fingerprint density at radius 3 is 2.63 bits per heavy atom. The van der Waals surface area contributed by atoms with Gasteiger partial charge in [-0.15, -0.1) is 0 Å². The van der Waals surface area contributed by atoms with E-state index in [1.54, 1.807) is 29.3 Å². The molecule has 0 aliphatic carbocycles. The highest BCUT2D eigenvalue weighted by atomic mass is 35.5. The summed E-state index contributed by atoms with van der Waals surface area (Å²) in [6, 6.07) is 16.6. The average Bonchev–Trinajstić information content (AvgIpc) is 3.16. The molecule has 2 aromatic heterocycles. The van der Waals surface area contributed by atoms with E-state index in [0.717, 1.165) is 21.5 Å². The molecule has 0 spiro atoms. The van der Waals surface area contributed by atoms with E-state index < -0.39 is 0 Å². The summed E-state index contributed by atoms with van der Waals surface area (Å²) >= 11 is 13.8. The van der Waals surface area contributed by atoms with Gasteiger partial charge in [0.05, 0.1) is 33.0 Å². The van der Waals surface area contributed by atoms with Gasteiger partial charge in [0.25, 0.3) is 5.91 Å². The first-order chi connectivity index (χ1) is 14.4. The van der Waals surface area contributed by atoms with Gasteiger partial charge in [0.2, 0.25) is 0 Å². The van der Waals surface area contributed by atoms with Crippen LogP contribution in [-0.2, 0) is 6.54 Å². The van der Waals surface area contributed by atoms with E-state index in [1.807, 2.05) is 30.3 Å². The van der Waals surface area contributed by atoms with E-state index in [0.29, 0.717) is 26.7 Å². The molecule has 0 bridgehead atoms. The van der Waals surface area contributed by atoms with Crippen molar-refractivity contribution in [1.29, 1.82) is 0 Å². The lowest BCUT2D eigenvalue weighted by molar-refractivity contribution is 0.0985. The van der Waals surface area contributed by atoms with Crippen LogP contribution >= 0.6 is 34.5 Å². The molecule has 30 heavy (non-hydrogen) atoms. The first-order valence-electron chi connectivity index (χ1n) is 9.50. The number of nitrogens with zero attached hydrogens (tertiary/aromatic N) is 3. The van der Waals surface area contributed by atoms with Crippen LogP contribution in [-0.4, -0.2) is 15.9 Å². The van der Waals surface area contributed by atoms with Crippen LogP contribution in [0.1, 0.15) is 41.4 Å². The maximum absolute atomic E-state index is 13.5. The van der Waals surface area contributed by atoms with Gasteiger partial charge in [-0.1, -0.05) is 66.6 Å². The molecule has 7 heteroatoms. The van der Waals surface area contributed by atoms with Crippen molar-refractivity contribution in [3.05, 3.63) is 87.7 Å². The fraction of sp³-hybridized carbons (Fsp3) is 0.174. The molecular weight excluding hydrogens is 437 g/mol. The lowest BCUT2D eigenvalue weighted by Crippen LogP contribution is -2.31. The number of fused-ring (bicyclic) bond motifs is 1. The van der Waals surface area contributed by atoms with Crippen LogP contribution in [0.25, 0.3) is 10.2 Å². The number of halogens is 2. The minimum atomic E-state index is -0.243. The fourth-order valence-corrected chi connectivity index (χ4v) is 4.72. The summed E-state index contributed by atoms with van der Waals surface area (Å²) in [6.45, 7) is 4.56. The molecule has 0 N–H and O–H groups in total. The molecule has 0 saturated heterocycles.